The lowest BCUT2D eigenvalue weighted by Crippen LogP contribution is -1.98. The van der Waals surface area contributed by atoms with Gasteiger partial charge in [0.25, 0.3) is 0 Å². The number of benzene rings is 1. The lowest BCUT2D eigenvalue weighted by molar-refractivity contribution is 0.586. The second-order valence-electron chi connectivity index (χ2n) is 4.44. The third kappa shape index (κ3) is 2.67. The van der Waals surface area contributed by atoms with Crippen molar-refractivity contribution in [3.8, 4) is 6.07 Å². The Hall–Kier alpha value is -2.42. The fourth-order valence-electron chi connectivity index (χ4n) is 2.01. The number of pyridine rings is 2. The van der Waals surface area contributed by atoms with E-state index in [-0.39, 0.29) is 5.56 Å². The van der Waals surface area contributed by atoms with Gasteiger partial charge in [-0.2, -0.15) is 9.65 Å². The van der Waals surface area contributed by atoms with Crippen molar-refractivity contribution < 1.29 is 4.39 Å². The number of halogens is 3. The molecule has 0 aliphatic heterocycles. The van der Waals surface area contributed by atoms with Crippen LogP contribution in [0.15, 0.2) is 36.7 Å². The van der Waals surface area contributed by atoms with E-state index in [0.29, 0.717) is 32.3 Å². The van der Waals surface area contributed by atoms with Crippen LogP contribution in [0.25, 0.3) is 10.9 Å². The number of nitriles is 1. The zero-order valence-electron chi connectivity index (χ0n) is 10.9. The number of hydrogen-bond acceptors (Lipinski definition) is 4. The monoisotopic (exact) mass is 332 g/mol. The molecular weight excluding hydrogens is 326 g/mol. The number of nitrogens with one attached hydrogen (secondary N) is 1. The van der Waals surface area contributed by atoms with Crippen LogP contribution >= 0.6 is 23.2 Å². The van der Waals surface area contributed by atoms with Gasteiger partial charge in [-0.3, -0.25) is 4.98 Å². The minimum atomic E-state index is -0.651. The van der Waals surface area contributed by atoms with Crippen LogP contribution in [-0.4, -0.2) is 9.97 Å². The minimum Gasteiger partial charge on any atom is -0.354 e. The first-order chi connectivity index (χ1) is 10.6. The average Bonchev–Trinajstić information content (AvgIpc) is 2.51. The third-order valence-electron chi connectivity index (χ3n) is 3.03. The molecule has 22 heavy (non-hydrogen) atoms. The Morgan fingerprint density at radius 2 is 1.91 bits per heavy atom. The van der Waals surface area contributed by atoms with Gasteiger partial charge in [0.2, 0.25) is 5.95 Å². The number of anilines is 2. The van der Waals surface area contributed by atoms with Crippen LogP contribution in [0.2, 0.25) is 10.0 Å². The molecule has 1 aromatic carbocycles. The summed E-state index contributed by atoms with van der Waals surface area (Å²) in [6, 6.07) is 8.21. The van der Waals surface area contributed by atoms with Gasteiger partial charge in [-0.1, -0.05) is 23.2 Å². The molecular formula is C15H7Cl2FN4. The Morgan fingerprint density at radius 3 is 2.64 bits per heavy atom. The van der Waals surface area contributed by atoms with Crippen molar-refractivity contribution in [3.63, 3.8) is 0 Å². The SMILES string of the molecule is N#Cc1cnc2cnc(F)cc2c1Nc1ccc(Cl)c(Cl)c1. The van der Waals surface area contributed by atoms with Gasteiger partial charge in [0.05, 0.1) is 33.0 Å². The molecule has 108 valence electrons. The van der Waals surface area contributed by atoms with Gasteiger partial charge in [-0.05, 0) is 18.2 Å². The van der Waals surface area contributed by atoms with E-state index in [1.54, 1.807) is 18.2 Å². The highest BCUT2D eigenvalue weighted by molar-refractivity contribution is 6.42. The normalized spacial score (nSPS) is 10.5. The molecule has 1 N–H and O–H groups in total. The van der Waals surface area contributed by atoms with E-state index >= 15 is 0 Å². The van der Waals surface area contributed by atoms with E-state index in [1.807, 2.05) is 6.07 Å². The topological polar surface area (TPSA) is 61.6 Å². The van der Waals surface area contributed by atoms with Gasteiger partial charge in [-0.25, -0.2) is 4.98 Å². The standard InChI is InChI=1S/C15H7Cl2FN4/c16-11-2-1-9(3-12(11)17)22-15-8(5-19)6-20-13-7-21-14(18)4-10(13)15/h1-4,6-7H,(H,20,22). The zero-order valence-corrected chi connectivity index (χ0v) is 12.5. The summed E-state index contributed by atoms with van der Waals surface area (Å²) in [5.41, 5.74) is 1.81. The molecule has 3 aromatic rings. The van der Waals surface area contributed by atoms with Crippen LogP contribution < -0.4 is 5.32 Å². The molecule has 0 aliphatic carbocycles. The summed E-state index contributed by atoms with van der Waals surface area (Å²) in [6.45, 7) is 0. The molecule has 0 aliphatic rings. The van der Waals surface area contributed by atoms with E-state index in [2.05, 4.69) is 15.3 Å². The van der Waals surface area contributed by atoms with Gasteiger partial charge >= 0.3 is 0 Å². The predicted molar refractivity (Wildman–Crippen MR) is 84.0 cm³/mol. The smallest absolute Gasteiger partial charge is 0.213 e. The van der Waals surface area contributed by atoms with Crippen LogP contribution in [0.4, 0.5) is 15.8 Å². The maximum atomic E-state index is 13.4. The molecule has 2 heterocycles. The number of hydrogen-bond donors (Lipinski definition) is 1. The fraction of sp³-hybridized carbons (Fsp3) is 0. The quantitative estimate of drug-likeness (QED) is 0.691. The predicted octanol–water partition coefficient (Wildman–Crippen LogP) is 4.69. The Balaban J connectivity index is 2.17. The Labute approximate surface area is 135 Å². The summed E-state index contributed by atoms with van der Waals surface area (Å²) in [6.07, 6.45) is 2.72. The van der Waals surface area contributed by atoms with Crippen LogP contribution in [-0.2, 0) is 0 Å². The number of fused-ring (bicyclic) bond motifs is 1. The van der Waals surface area contributed by atoms with Crippen LogP contribution in [0.3, 0.4) is 0 Å². The molecule has 0 fully saturated rings. The van der Waals surface area contributed by atoms with E-state index in [0.717, 1.165) is 0 Å². The summed E-state index contributed by atoms with van der Waals surface area (Å²) < 4.78 is 13.4. The Morgan fingerprint density at radius 1 is 1.09 bits per heavy atom. The lowest BCUT2D eigenvalue weighted by Gasteiger charge is -2.12. The number of nitrogens with zero attached hydrogens (tertiary/aromatic N) is 3. The molecule has 0 spiro atoms. The molecule has 0 saturated carbocycles. The maximum Gasteiger partial charge on any atom is 0.213 e. The molecule has 0 bridgehead atoms. The summed E-state index contributed by atoms with van der Waals surface area (Å²) in [5, 5.41) is 13.5. The minimum absolute atomic E-state index is 0.282. The second-order valence-corrected chi connectivity index (χ2v) is 5.25. The van der Waals surface area contributed by atoms with Gasteiger partial charge in [0, 0.05) is 23.3 Å². The fourth-order valence-corrected chi connectivity index (χ4v) is 2.31. The van der Waals surface area contributed by atoms with Crippen molar-refractivity contribution in [3.05, 3.63) is 58.2 Å². The van der Waals surface area contributed by atoms with Crippen molar-refractivity contribution in [1.29, 1.82) is 5.26 Å². The highest BCUT2D eigenvalue weighted by atomic mass is 35.5. The van der Waals surface area contributed by atoms with E-state index < -0.39 is 5.95 Å². The van der Waals surface area contributed by atoms with Gasteiger partial charge in [0.15, 0.2) is 0 Å². The molecule has 7 heteroatoms. The highest BCUT2D eigenvalue weighted by Crippen LogP contribution is 2.31. The first-order valence-electron chi connectivity index (χ1n) is 6.15. The van der Waals surface area contributed by atoms with E-state index in [1.165, 1.54) is 18.5 Å². The summed E-state index contributed by atoms with van der Waals surface area (Å²) in [4.78, 5) is 7.65. The molecule has 3 rings (SSSR count). The second kappa shape index (κ2) is 5.76. The molecule has 0 radical (unpaired) electrons. The van der Waals surface area contributed by atoms with Crippen molar-refractivity contribution in [2.75, 3.05) is 5.32 Å². The summed E-state index contributed by atoms with van der Waals surface area (Å²) in [7, 11) is 0. The molecule has 0 amide bonds. The third-order valence-corrected chi connectivity index (χ3v) is 3.77. The van der Waals surface area contributed by atoms with Crippen molar-refractivity contribution >= 4 is 45.5 Å². The molecule has 0 saturated heterocycles. The van der Waals surface area contributed by atoms with Gasteiger partial charge < -0.3 is 5.32 Å². The lowest BCUT2D eigenvalue weighted by atomic mass is 10.1. The van der Waals surface area contributed by atoms with Crippen molar-refractivity contribution in [2.24, 2.45) is 0 Å². The largest absolute Gasteiger partial charge is 0.354 e. The summed E-state index contributed by atoms with van der Waals surface area (Å²) >= 11 is 11.9. The van der Waals surface area contributed by atoms with E-state index in [9.17, 15) is 9.65 Å². The molecule has 0 atom stereocenters. The van der Waals surface area contributed by atoms with Gasteiger partial charge in [-0.15, -0.1) is 0 Å². The number of rotatable bonds is 2. The van der Waals surface area contributed by atoms with Crippen LogP contribution in [0.1, 0.15) is 5.56 Å². The van der Waals surface area contributed by atoms with Crippen molar-refractivity contribution in [2.45, 2.75) is 0 Å². The molecule has 4 nitrogen and oxygen atoms in total. The zero-order chi connectivity index (χ0) is 15.7. The summed E-state index contributed by atoms with van der Waals surface area (Å²) in [5.74, 6) is -0.651. The van der Waals surface area contributed by atoms with E-state index in [4.69, 9.17) is 23.2 Å². The van der Waals surface area contributed by atoms with Gasteiger partial charge in [0.1, 0.15) is 6.07 Å². The maximum absolute atomic E-state index is 13.4. The Kier molecular flexibility index (Phi) is 3.80. The average molecular weight is 333 g/mol. The van der Waals surface area contributed by atoms with Crippen LogP contribution in [0.5, 0.6) is 0 Å². The first-order valence-corrected chi connectivity index (χ1v) is 6.90. The highest BCUT2D eigenvalue weighted by Gasteiger charge is 2.11. The van der Waals surface area contributed by atoms with Crippen molar-refractivity contribution in [1.82, 2.24) is 9.97 Å². The molecule has 2 aromatic heterocycles. The first kappa shape index (κ1) is 14.5. The molecule has 0 unspecified atom stereocenters. The number of aromatic nitrogens is 2. The van der Waals surface area contributed by atoms with Crippen LogP contribution in [0, 0.1) is 17.3 Å². The Bertz CT molecular complexity index is 921.